The van der Waals surface area contributed by atoms with Gasteiger partial charge >= 0.3 is 0 Å². The lowest BCUT2D eigenvalue weighted by molar-refractivity contribution is -0.144. The summed E-state index contributed by atoms with van der Waals surface area (Å²) in [6, 6.07) is 4.95. The first-order valence-electron chi connectivity index (χ1n) is 10.0. The summed E-state index contributed by atoms with van der Waals surface area (Å²) in [4.78, 5) is 29.3. The molecule has 0 spiro atoms. The Hall–Kier alpha value is -1.46. The number of rotatable bonds is 4. The highest BCUT2D eigenvalue weighted by Gasteiger charge is 2.33. The first-order valence-corrected chi connectivity index (χ1v) is 10.8. The molecule has 2 aliphatic rings. The van der Waals surface area contributed by atoms with Gasteiger partial charge < -0.3 is 14.5 Å². The minimum absolute atomic E-state index is 0.0313. The Balaban J connectivity index is 1.48. The molecule has 154 valence electrons. The number of piperidine rings is 2. The van der Waals surface area contributed by atoms with Gasteiger partial charge in [0, 0.05) is 38.2 Å². The Kier molecular flexibility index (Phi) is 7.10. The third-order valence-electron chi connectivity index (χ3n) is 5.80. The van der Waals surface area contributed by atoms with Gasteiger partial charge in [-0.1, -0.05) is 30.1 Å². The second kappa shape index (κ2) is 9.36. The summed E-state index contributed by atoms with van der Waals surface area (Å²) in [6.45, 7) is 6.90. The van der Waals surface area contributed by atoms with Gasteiger partial charge in [-0.2, -0.15) is 0 Å². The molecular formula is C21H28Cl2N2O3. The second-order valence-electron chi connectivity index (χ2n) is 7.94. The van der Waals surface area contributed by atoms with Crippen molar-refractivity contribution >= 4 is 35.0 Å². The van der Waals surface area contributed by atoms with Crippen LogP contribution in [0.2, 0.25) is 10.0 Å². The molecule has 1 aromatic rings. The van der Waals surface area contributed by atoms with Crippen LogP contribution in [0.4, 0.5) is 0 Å². The first-order chi connectivity index (χ1) is 13.3. The topological polar surface area (TPSA) is 49.9 Å². The van der Waals surface area contributed by atoms with Gasteiger partial charge in [0.2, 0.25) is 5.91 Å². The molecule has 3 rings (SSSR count). The molecule has 0 aromatic heterocycles. The third kappa shape index (κ3) is 5.12. The van der Waals surface area contributed by atoms with Crippen LogP contribution in [0.5, 0.6) is 5.75 Å². The zero-order valence-corrected chi connectivity index (χ0v) is 18.0. The van der Waals surface area contributed by atoms with Crippen LogP contribution in [0.1, 0.15) is 39.5 Å². The van der Waals surface area contributed by atoms with Crippen molar-refractivity contribution in [1.29, 1.82) is 0 Å². The Morgan fingerprint density at radius 2 is 1.61 bits per heavy atom. The average Bonchev–Trinajstić information content (AvgIpc) is 2.70. The summed E-state index contributed by atoms with van der Waals surface area (Å²) >= 11 is 11.9. The van der Waals surface area contributed by atoms with E-state index in [1.165, 1.54) is 0 Å². The fourth-order valence-corrected chi connectivity index (χ4v) is 4.18. The minimum atomic E-state index is -0.618. The lowest BCUT2D eigenvalue weighted by Gasteiger charge is -2.37. The van der Waals surface area contributed by atoms with E-state index >= 15 is 0 Å². The fourth-order valence-electron chi connectivity index (χ4n) is 3.90. The van der Waals surface area contributed by atoms with E-state index in [0.29, 0.717) is 34.8 Å². The molecular weight excluding hydrogens is 399 g/mol. The maximum atomic E-state index is 12.7. The Bertz CT molecular complexity index is 712. The summed E-state index contributed by atoms with van der Waals surface area (Å²) in [5, 5.41) is 0.841. The van der Waals surface area contributed by atoms with E-state index in [4.69, 9.17) is 27.9 Å². The number of hydrogen-bond donors (Lipinski definition) is 0. The molecule has 2 aliphatic heterocycles. The van der Waals surface area contributed by atoms with Crippen molar-refractivity contribution in [2.45, 2.75) is 45.6 Å². The van der Waals surface area contributed by atoms with E-state index in [1.807, 2.05) is 4.90 Å². The molecule has 0 N–H and O–H groups in total. The number of nitrogens with zero attached hydrogens (tertiary/aromatic N) is 2. The highest BCUT2D eigenvalue weighted by molar-refractivity contribution is 6.42. The van der Waals surface area contributed by atoms with Crippen LogP contribution in [0.15, 0.2) is 18.2 Å². The van der Waals surface area contributed by atoms with Crippen molar-refractivity contribution in [2.24, 2.45) is 11.8 Å². The quantitative estimate of drug-likeness (QED) is 0.722. The van der Waals surface area contributed by atoms with Crippen molar-refractivity contribution in [3.8, 4) is 5.75 Å². The van der Waals surface area contributed by atoms with Crippen LogP contribution < -0.4 is 4.74 Å². The maximum Gasteiger partial charge on any atom is 0.263 e. The standard InChI is InChI=1S/C21H28Cl2N2O3/c1-14-5-9-25(10-6-14)21(27)16-7-11-24(12-8-16)20(26)15(2)28-17-3-4-18(22)19(23)13-17/h3-4,13-16H,5-12H2,1-2H3. The van der Waals surface area contributed by atoms with E-state index in [9.17, 15) is 9.59 Å². The summed E-state index contributed by atoms with van der Waals surface area (Å²) in [5.41, 5.74) is 0. The number of likely N-dealkylation sites (tertiary alicyclic amines) is 2. The maximum absolute atomic E-state index is 12.7. The van der Waals surface area contributed by atoms with Crippen molar-refractivity contribution < 1.29 is 14.3 Å². The predicted octanol–water partition coefficient (Wildman–Crippen LogP) is 4.26. The molecule has 1 atom stereocenters. The molecule has 0 aliphatic carbocycles. The highest BCUT2D eigenvalue weighted by Crippen LogP contribution is 2.28. The molecule has 0 saturated carbocycles. The molecule has 1 aromatic carbocycles. The zero-order valence-electron chi connectivity index (χ0n) is 16.5. The molecule has 2 saturated heterocycles. The van der Waals surface area contributed by atoms with Gasteiger partial charge in [-0.3, -0.25) is 9.59 Å². The molecule has 2 heterocycles. The van der Waals surface area contributed by atoms with Gasteiger partial charge in [0.15, 0.2) is 6.10 Å². The molecule has 5 nitrogen and oxygen atoms in total. The van der Waals surface area contributed by atoms with E-state index in [1.54, 1.807) is 30.0 Å². The Morgan fingerprint density at radius 1 is 1.00 bits per heavy atom. The van der Waals surface area contributed by atoms with Gasteiger partial charge in [-0.05, 0) is 50.7 Å². The van der Waals surface area contributed by atoms with Gasteiger partial charge in [0.1, 0.15) is 5.75 Å². The largest absolute Gasteiger partial charge is 0.481 e. The third-order valence-corrected chi connectivity index (χ3v) is 6.54. The summed E-state index contributed by atoms with van der Waals surface area (Å²) < 4.78 is 5.74. The average molecular weight is 427 g/mol. The minimum Gasteiger partial charge on any atom is -0.481 e. The molecule has 28 heavy (non-hydrogen) atoms. The number of amides is 2. The molecule has 7 heteroatoms. The molecule has 0 bridgehead atoms. The summed E-state index contributed by atoms with van der Waals surface area (Å²) in [6.07, 6.45) is 3.00. The number of benzene rings is 1. The van der Waals surface area contributed by atoms with E-state index in [-0.39, 0.29) is 17.7 Å². The summed E-state index contributed by atoms with van der Waals surface area (Å²) in [5.74, 6) is 1.45. The molecule has 0 radical (unpaired) electrons. The van der Waals surface area contributed by atoms with E-state index in [2.05, 4.69) is 6.92 Å². The summed E-state index contributed by atoms with van der Waals surface area (Å²) in [7, 11) is 0. The predicted molar refractivity (Wildman–Crippen MR) is 111 cm³/mol. The SMILES string of the molecule is CC1CCN(C(=O)C2CCN(C(=O)C(C)Oc3ccc(Cl)c(Cl)c3)CC2)CC1. The van der Waals surface area contributed by atoms with Gasteiger partial charge in [-0.25, -0.2) is 0 Å². The van der Waals surface area contributed by atoms with Crippen molar-refractivity contribution in [3.63, 3.8) is 0 Å². The van der Waals surface area contributed by atoms with E-state index in [0.717, 1.165) is 38.8 Å². The fraction of sp³-hybridized carbons (Fsp3) is 0.619. The second-order valence-corrected chi connectivity index (χ2v) is 8.76. The number of carbonyl (C=O) groups excluding carboxylic acids is 2. The molecule has 1 unspecified atom stereocenters. The zero-order chi connectivity index (χ0) is 20.3. The van der Waals surface area contributed by atoms with Crippen LogP contribution >= 0.6 is 23.2 Å². The van der Waals surface area contributed by atoms with Crippen LogP contribution in [0.25, 0.3) is 0 Å². The molecule has 2 fully saturated rings. The van der Waals surface area contributed by atoms with Crippen LogP contribution in [0, 0.1) is 11.8 Å². The monoisotopic (exact) mass is 426 g/mol. The lowest BCUT2D eigenvalue weighted by atomic mass is 9.92. The number of ether oxygens (including phenoxy) is 1. The van der Waals surface area contributed by atoms with Gasteiger partial charge in [0.25, 0.3) is 5.91 Å². The van der Waals surface area contributed by atoms with Crippen LogP contribution in [-0.2, 0) is 9.59 Å². The molecule has 2 amide bonds. The van der Waals surface area contributed by atoms with Crippen molar-refractivity contribution in [2.75, 3.05) is 26.2 Å². The normalized spacial score (nSPS) is 20.1. The Morgan fingerprint density at radius 3 is 2.21 bits per heavy atom. The van der Waals surface area contributed by atoms with Gasteiger partial charge in [0.05, 0.1) is 10.0 Å². The van der Waals surface area contributed by atoms with Crippen LogP contribution in [-0.4, -0.2) is 53.9 Å². The Labute approximate surface area is 176 Å². The van der Waals surface area contributed by atoms with Crippen molar-refractivity contribution in [3.05, 3.63) is 28.2 Å². The smallest absolute Gasteiger partial charge is 0.263 e. The first kappa shape index (κ1) is 21.3. The number of hydrogen-bond acceptors (Lipinski definition) is 3. The van der Waals surface area contributed by atoms with Crippen molar-refractivity contribution in [1.82, 2.24) is 9.80 Å². The highest BCUT2D eigenvalue weighted by atomic mass is 35.5. The number of halogens is 2. The number of carbonyl (C=O) groups is 2. The van der Waals surface area contributed by atoms with E-state index < -0.39 is 6.10 Å². The van der Waals surface area contributed by atoms with Crippen LogP contribution in [0.3, 0.4) is 0 Å². The van der Waals surface area contributed by atoms with Gasteiger partial charge in [-0.15, -0.1) is 0 Å². The lowest BCUT2D eigenvalue weighted by Crippen LogP contribution is -2.48.